The number of aliphatic hydroxyl groups is 4. The Morgan fingerprint density at radius 1 is 1.06 bits per heavy atom. The number of carbonyl (C=O) groups is 1. The first-order chi connectivity index (χ1) is 16.7. The number of rotatable bonds is 13. The normalized spacial score (nSPS) is 12.4. The lowest BCUT2D eigenvalue weighted by Gasteiger charge is -2.18. The van der Waals surface area contributed by atoms with Crippen LogP contribution in [0.5, 0.6) is 0 Å². The van der Waals surface area contributed by atoms with Crippen molar-refractivity contribution in [1.82, 2.24) is 5.48 Å². The molecule has 2 rings (SSSR count). The van der Waals surface area contributed by atoms with Crippen molar-refractivity contribution >= 4 is 45.6 Å². The first kappa shape index (κ1) is 28.7. The molecule has 1 amide bonds. The van der Waals surface area contributed by atoms with Crippen molar-refractivity contribution in [2.24, 2.45) is 5.16 Å². The highest BCUT2D eigenvalue weighted by atomic mass is 127. The van der Waals surface area contributed by atoms with E-state index < -0.39 is 72.5 Å². The zero-order chi connectivity index (χ0) is 26.0. The van der Waals surface area contributed by atoms with Gasteiger partial charge in [0.2, 0.25) is 0 Å². The van der Waals surface area contributed by atoms with Gasteiger partial charge in [0.1, 0.15) is 12.4 Å². The van der Waals surface area contributed by atoms with E-state index in [1.54, 1.807) is 0 Å². The summed E-state index contributed by atoms with van der Waals surface area (Å²) >= 11 is 1.86. The number of benzene rings is 2. The first-order valence-corrected chi connectivity index (χ1v) is 11.2. The second kappa shape index (κ2) is 14.2. The van der Waals surface area contributed by atoms with Crippen molar-refractivity contribution in [2.45, 2.75) is 12.5 Å². The highest BCUT2D eigenvalue weighted by molar-refractivity contribution is 14.1. The van der Waals surface area contributed by atoms with E-state index in [1.165, 1.54) is 12.1 Å². The third-order valence-electron chi connectivity index (χ3n) is 4.31. The van der Waals surface area contributed by atoms with Gasteiger partial charge in [-0.1, -0.05) is 5.16 Å². The van der Waals surface area contributed by atoms with Gasteiger partial charge < -0.3 is 30.6 Å². The molecule has 0 spiro atoms. The van der Waals surface area contributed by atoms with Crippen LogP contribution in [0.15, 0.2) is 29.4 Å². The smallest absolute Gasteiger partial charge is 0.277 e. The molecule has 10 nitrogen and oxygen atoms in total. The summed E-state index contributed by atoms with van der Waals surface area (Å²) in [4.78, 5) is 22.3. The fourth-order valence-electron chi connectivity index (χ4n) is 2.73. The molecule has 2 aromatic carbocycles. The molecule has 1 unspecified atom stereocenters. The maximum absolute atomic E-state index is 15.3. The van der Waals surface area contributed by atoms with Crippen LogP contribution >= 0.6 is 22.6 Å². The molecule has 0 heterocycles. The first-order valence-electron chi connectivity index (χ1n) is 10.1. The number of anilines is 2. The minimum Gasteiger partial charge on any atom is -0.394 e. The van der Waals surface area contributed by atoms with Crippen LogP contribution in [0.25, 0.3) is 0 Å². The topological polar surface area (TPSA) is 153 Å². The Bertz CT molecular complexity index is 1060. The lowest BCUT2D eigenvalue weighted by molar-refractivity contribution is 0.0168. The van der Waals surface area contributed by atoms with Crippen molar-refractivity contribution in [3.8, 4) is 0 Å². The zero-order valence-corrected chi connectivity index (χ0v) is 20.3. The second-order valence-corrected chi connectivity index (χ2v) is 8.11. The Morgan fingerprint density at radius 3 is 2.40 bits per heavy atom. The Hall–Kier alpha value is -2.50. The van der Waals surface area contributed by atoms with Crippen LogP contribution in [0, 0.1) is 21.0 Å². The molecule has 0 aliphatic heterocycles. The second-order valence-electron chi connectivity index (χ2n) is 6.86. The number of hydrogen-bond acceptors (Lipinski definition) is 9. The van der Waals surface area contributed by atoms with E-state index in [-0.39, 0.29) is 24.6 Å². The molecule has 0 aromatic heterocycles. The summed E-state index contributed by atoms with van der Waals surface area (Å²) in [6.45, 7) is -2.24. The molecule has 0 fully saturated rings. The molecular weight excluding hydrogens is 590 g/mol. The Morgan fingerprint density at radius 2 is 1.77 bits per heavy atom. The molecule has 0 bridgehead atoms. The lowest BCUT2D eigenvalue weighted by atomic mass is 9.99. The van der Waals surface area contributed by atoms with Crippen molar-refractivity contribution in [3.05, 3.63) is 56.4 Å². The number of halogens is 4. The standard InChI is InChI=1S/C21H23F3IN3O7/c22-15-7-11(25)1-2-16(15)26-20-14(21(33)28-35-6-4-30)9-13(18(23)19(20)24)17(8-12(32)10-31)27-34-5-3-29/h1-2,7,9,12,26,29-32H,3-6,8,10H2,(H,28,33)/b27-17+. The quantitative estimate of drug-likeness (QED) is 0.0863. The van der Waals surface area contributed by atoms with E-state index in [0.717, 1.165) is 12.1 Å². The summed E-state index contributed by atoms with van der Waals surface area (Å²) in [6.07, 6.45) is -1.93. The summed E-state index contributed by atoms with van der Waals surface area (Å²) in [6, 6.07) is 4.77. The fraction of sp³-hybridized carbons (Fsp3) is 0.333. The molecule has 1 atom stereocenters. The molecule has 0 saturated carbocycles. The molecule has 0 aliphatic carbocycles. The lowest BCUT2D eigenvalue weighted by Crippen LogP contribution is -2.27. The van der Waals surface area contributed by atoms with Crippen molar-refractivity contribution < 1.29 is 48.1 Å². The van der Waals surface area contributed by atoms with Gasteiger partial charge in [0.25, 0.3) is 5.91 Å². The number of oxime groups is 1. The number of nitrogens with one attached hydrogen (secondary N) is 2. The van der Waals surface area contributed by atoms with Crippen LogP contribution in [0.4, 0.5) is 24.5 Å². The molecule has 6 N–H and O–H groups in total. The highest BCUT2D eigenvalue weighted by Crippen LogP contribution is 2.31. The predicted octanol–water partition coefficient (Wildman–Crippen LogP) is 1.56. The third kappa shape index (κ3) is 8.01. The summed E-state index contributed by atoms with van der Waals surface area (Å²) in [5.74, 6) is -4.97. The van der Waals surface area contributed by atoms with Crippen LogP contribution < -0.4 is 10.8 Å². The van der Waals surface area contributed by atoms with Gasteiger partial charge in [-0.15, -0.1) is 0 Å². The van der Waals surface area contributed by atoms with E-state index in [4.69, 9.17) is 25.0 Å². The molecule has 2 aromatic rings. The zero-order valence-electron chi connectivity index (χ0n) is 18.1. The monoisotopic (exact) mass is 613 g/mol. The number of hydrogen-bond donors (Lipinski definition) is 6. The average molecular weight is 613 g/mol. The minimum atomic E-state index is -1.58. The molecular formula is C21H23F3IN3O7. The maximum atomic E-state index is 15.3. The van der Waals surface area contributed by atoms with Gasteiger partial charge in [-0.05, 0) is 46.9 Å². The summed E-state index contributed by atoms with van der Waals surface area (Å²) in [5.41, 5.74) is -0.551. The van der Waals surface area contributed by atoms with Gasteiger partial charge >= 0.3 is 0 Å². The Kier molecular flexibility index (Phi) is 11.6. The minimum absolute atomic E-state index is 0.252. The van der Waals surface area contributed by atoms with Gasteiger partial charge in [-0.25, -0.2) is 18.7 Å². The van der Waals surface area contributed by atoms with Crippen LogP contribution in [-0.2, 0) is 9.68 Å². The fourth-order valence-corrected chi connectivity index (χ4v) is 3.18. The average Bonchev–Trinajstić information content (AvgIpc) is 2.83. The van der Waals surface area contributed by atoms with E-state index in [9.17, 15) is 14.3 Å². The summed E-state index contributed by atoms with van der Waals surface area (Å²) < 4.78 is 45.3. The third-order valence-corrected chi connectivity index (χ3v) is 4.98. The van der Waals surface area contributed by atoms with Crippen molar-refractivity contribution in [2.75, 3.05) is 38.4 Å². The number of carbonyl (C=O) groups excluding carboxylic acids is 1. The van der Waals surface area contributed by atoms with E-state index in [0.29, 0.717) is 3.57 Å². The maximum Gasteiger partial charge on any atom is 0.277 e. The number of aliphatic hydroxyl groups excluding tert-OH is 4. The predicted molar refractivity (Wildman–Crippen MR) is 127 cm³/mol. The van der Waals surface area contributed by atoms with Crippen LogP contribution in [0.3, 0.4) is 0 Å². The number of nitrogens with zero attached hydrogens (tertiary/aromatic N) is 1. The van der Waals surface area contributed by atoms with Gasteiger partial charge in [0, 0.05) is 15.6 Å². The summed E-state index contributed by atoms with van der Waals surface area (Å²) in [5, 5.41) is 42.6. The molecule has 0 saturated heterocycles. The van der Waals surface area contributed by atoms with Crippen LogP contribution in [-0.4, -0.2) is 71.2 Å². The largest absolute Gasteiger partial charge is 0.394 e. The van der Waals surface area contributed by atoms with Crippen molar-refractivity contribution in [1.29, 1.82) is 0 Å². The van der Waals surface area contributed by atoms with Crippen molar-refractivity contribution in [3.63, 3.8) is 0 Å². The molecule has 14 heteroatoms. The van der Waals surface area contributed by atoms with Gasteiger partial charge in [-0.3, -0.25) is 9.63 Å². The summed E-state index contributed by atoms with van der Waals surface area (Å²) in [7, 11) is 0. The van der Waals surface area contributed by atoms with Gasteiger partial charge in [-0.2, -0.15) is 0 Å². The van der Waals surface area contributed by atoms with Crippen LogP contribution in [0.1, 0.15) is 22.3 Å². The van der Waals surface area contributed by atoms with Gasteiger partial charge in [0.05, 0.1) is 55.2 Å². The number of amides is 1. The van der Waals surface area contributed by atoms with E-state index >= 15 is 8.78 Å². The van der Waals surface area contributed by atoms with E-state index in [2.05, 4.69) is 10.5 Å². The van der Waals surface area contributed by atoms with Crippen LogP contribution in [0.2, 0.25) is 0 Å². The Balaban J connectivity index is 2.64. The van der Waals surface area contributed by atoms with E-state index in [1.807, 2.05) is 28.1 Å². The number of hydroxylamine groups is 1. The SMILES string of the molecule is O=C(NOCCO)c1cc(/C(CC(O)CO)=N/OCCO)c(F)c(F)c1Nc1ccc(I)cc1F. The highest BCUT2D eigenvalue weighted by Gasteiger charge is 2.27. The Labute approximate surface area is 211 Å². The molecule has 0 radical (unpaired) electrons. The molecule has 192 valence electrons. The van der Waals surface area contributed by atoms with Gasteiger partial charge in [0.15, 0.2) is 11.6 Å². The molecule has 35 heavy (non-hydrogen) atoms. The molecule has 0 aliphatic rings.